The molecule has 0 spiro atoms. The fourth-order valence-corrected chi connectivity index (χ4v) is 4.55. The van der Waals surface area contributed by atoms with Gasteiger partial charge in [0, 0.05) is 0 Å². The molecule has 0 N–H and O–H groups in total. The Morgan fingerprint density at radius 1 is 0.475 bits per heavy atom. The first-order valence-corrected chi connectivity index (χ1v) is 13.8. The van der Waals surface area contributed by atoms with E-state index in [0.29, 0.717) is 33.0 Å². The van der Waals surface area contributed by atoms with Crippen LogP contribution in [0.4, 0.5) is 0 Å². The predicted molar refractivity (Wildman–Crippen MR) is 155 cm³/mol. The van der Waals surface area contributed by atoms with Crippen molar-refractivity contribution in [3.05, 3.63) is 156 Å². The first-order valence-electron chi connectivity index (χ1n) is 13.8. The second kappa shape index (κ2) is 15.3. The van der Waals surface area contributed by atoms with Gasteiger partial charge in [0.1, 0.15) is 18.3 Å². The number of hydrogen-bond donors (Lipinski definition) is 0. The van der Waals surface area contributed by atoms with Crippen LogP contribution in [-0.2, 0) is 50.1 Å². The van der Waals surface area contributed by atoms with E-state index in [2.05, 4.69) is 36.4 Å². The molecule has 4 aromatic carbocycles. The summed E-state index contributed by atoms with van der Waals surface area (Å²) in [6.07, 6.45) is 2.16. The largest absolute Gasteiger partial charge is 0.374 e. The molecule has 1 heterocycles. The number of rotatable bonds is 13. The molecule has 5 nitrogen and oxygen atoms in total. The molecule has 206 valence electrons. The Hall–Kier alpha value is -3.58. The molecule has 4 atom stereocenters. The van der Waals surface area contributed by atoms with Crippen molar-refractivity contribution in [3.8, 4) is 0 Å². The van der Waals surface area contributed by atoms with Crippen LogP contribution in [0.25, 0.3) is 0 Å². The second-order valence-corrected chi connectivity index (χ2v) is 9.75. The minimum atomic E-state index is -0.571. The molecule has 0 saturated carbocycles. The molecule has 0 amide bonds. The van der Waals surface area contributed by atoms with E-state index in [0.717, 1.165) is 22.3 Å². The van der Waals surface area contributed by atoms with Crippen LogP contribution < -0.4 is 0 Å². The molecular formula is C35H36O5. The third-order valence-corrected chi connectivity index (χ3v) is 6.68. The lowest BCUT2D eigenvalue weighted by Crippen LogP contribution is -2.44. The highest BCUT2D eigenvalue weighted by Gasteiger charge is 2.35. The Labute approximate surface area is 236 Å². The van der Waals surface area contributed by atoms with Crippen molar-refractivity contribution < 1.29 is 23.7 Å². The summed E-state index contributed by atoms with van der Waals surface area (Å²) in [4.78, 5) is 0. The highest BCUT2D eigenvalue weighted by atomic mass is 16.7. The van der Waals surface area contributed by atoms with E-state index in [1.807, 2.05) is 97.1 Å². The van der Waals surface area contributed by atoms with Crippen molar-refractivity contribution in [1.82, 2.24) is 0 Å². The fourth-order valence-electron chi connectivity index (χ4n) is 4.55. The molecule has 1 aliphatic rings. The molecule has 0 fully saturated rings. The van der Waals surface area contributed by atoms with Crippen LogP contribution in [0.15, 0.2) is 133 Å². The normalized spacial score (nSPS) is 20.7. The molecule has 0 aromatic heterocycles. The van der Waals surface area contributed by atoms with Crippen molar-refractivity contribution >= 4 is 0 Å². The standard InChI is InChI=1S/C35H36O5/c1-5-13-28(14-6-1)23-36-27-33-35(39-26-31-19-11-4-12-20-31)32(37-24-29-15-7-2-8-16-29)21-22-34(40-33)38-25-30-17-9-3-10-18-30/h1-22,32-35H,23-27H2/t32-,33-,34-,35+/m1/s1. The monoisotopic (exact) mass is 536 g/mol. The van der Waals surface area contributed by atoms with Gasteiger partial charge in [-0.3, -0.25) is 0 Å². The third kappa shape index (κ3) is 8.71. The van der Waals surface area contributed by atoms with Crippen LogP contribution in [-0.4, -0.2) is 31.2 Å². The van der Waals surface area contributed by atoms with Gasteiger partial charge in [0.05, 0.1) is 33.0 Å². The lowest BCUT2D eigenvalue weighted by Gasteiger charge is -2.31. The smallest absolute Gasteiger partial charge is 0.177 e. The summed E-state index contributed by atoms with van der Waals surface area (Å²) in [6.45, 7) is 2.11. The van der Waals surface area contributed by atoms with Crippen LogP contribution >= 0.6 is 0 Å². The van der Waals surface area contributed by atoms with Gasteiger partial charge in [0.25, 0.3) is 0 Å². The van der Waals surface area contributed by atoms with Crippen molar-refractivity contribution in [2.75, 3.05) is 6.61 Å². The number of ether oxygens (including phenoxy) is 5. The van der Waals surface area contributed by atoms with E-state index in [1.165, 1.54) is 0 Å². The van der Waals surface area contributed by atoms with Gasteiger partial charge in [-0.05, 0) is 28.3 Å². The van der Waals surface area contributed by atoms with Crippen LogP contribution in [0.2, 0.25) is 0 Å². The van der Waals surface area contributed by atoms with Crippen molar-refractivity contribution in [2.45, 2.75) is 51.0 Å². The van der Waals surface area contributed by atoms with Gasteiger partial charge in [0.2, 0.25) is 0 Å². The molecule has 40 heavy (non-hydrogen) atoms. The van der Waals surface area contributed by atoms with Gasteiger partial charge in [-0.2, -0.15) is 0 Å². The Balaban J connectivity index is 1.34. The minimum Gasteiger partial charge on any atom is -0.374 e. The van der Waals surface area contributed by atoms with Gasteiger partial charge >= 0.3 is 0 Å². The maximum absolute atomic E-state index is 6.54. The van der Waals surface area contributed by atoms with Crippen LogP contribution in [0.5, 0.6) is 0 Å². The molecular weight excluding hydrogens is 500 g/mol. The fraction of sp³-hybridized carbons (Fsp3) is 0.257. The van der Waals surface area contributed by atoms with Gasteiger partial charge in [-0.15, -0.1) is 0 Å². The van der Waals surface area contributed by atoms with Gasteiger partial charge in [0.15, 0.2) is 6.29 Å². The zero-order valence-electron chi connectivity index (χ0n) is 22.6. The zero-order chi connectivity index (χ0) is 27.2. The van der Waals surface area contributed by atoms with Gasteiger partial charge < -0.3 is 23.7 Å². The molecule has 0 unspecified atom stereocenters. The SMILES string of the molecule is C1=C[C@@H](OCc2ccccc2)[C@H](OCc2ccccc2)[C@@H](COCc2ccccc2)O[C@H]1OCc1ccccc1. The number of benzene rings is 4. The molecule has 0 saturated heterocycles. The minimum absolute atomic E-state index is 0.326. The van der Waals surface area contributed by atoms with E-state index in [-0.39, 0.29) is 6.10 Å². The average Bonchev–Trinajstić information content (AvgIpc) is 3.18. The van der Waals surface area contributed by atoms with Crippen LogP contribution in [0.1, 0.15) is 22.3 Å². The topological polar surface area (TPSA) is 46.2 Å². The Kier molecular flexibility index (Phi) is 10.7. The van der Waals surface area contributed by atoms with E-state index in [1.54, 1.807) is 0 Å². The molecule has 5 heteroatoms. The molecule has 0 aliphatic carbocycles. The summed E-state index contributed by atoms with van der Waals surface area (Å²) in [7, 11) is 0. The molecule has 4 aromatic rings. The summed E-state index contributed by atoms with van der Waals surface area (Å²) in [5.41, 5.74) is 4.36. The first kappa shape index (κ1) is 28.0. The highest BCUT2D eigenvalue weighted by Crippen LogP contribution is 2.24. The summed E-state index contributed by atoms with van der Waals surface area (Å²) in [5.74, 6) is 0. The van der Waals surface area contributed by atoms with E-state index in [4.69, 9.17) is 23.7 Å². The summed E-state index contributed by atoms with van der Waals surface area (Å²) in [5, 5.41) is 0. The van der Waals surface area contributed by atoms with E-state index >= 15 is 0 Å². The molecule has 0 radical (unpaired) electrons. The average molecular weight is 537 g/mol. The van der Waals surface area contributed by atoms with Crippen LogP contribution in [0, 0.1) is 0 Å². The Morgan fingerprint density at radius 3 is 1.45 bits per heavy atom. The zero-order valence-corrected chi connectivity index (χ0v) is 22.6. The molecule has 1 aliphatic heterocycles. The van der Waals surface area contributed by atoms with Crippen molar-refractivity contribution in [3.63, 3.8) is 0 Å². The van der Waals surface area contributed by atoms with Gasteiger partial charge in [-0.1, -0.05) is 127 Å². The van der Waals surface area contributed by atoms with Gasteiger partial charge in [-0.25, -0.2) is 0 Å². The van der Waals surface area contributed by atoms with Crippen molar-refractivity contribution in [1.29, 1.82) is 0 Å². The second-order valence-electron chi connectivity index (χ2n) is 9.75. The Morgan fingerprint density at radius 2 is 0.925 bits per heavy atom. The van der Waals surface area contributed by atoms with E-state index < -0.39 is 18.5 Å². The van der Waals surface area contributed by atoms with Crippen LogP contribution in [0.3, 0.4) is 0 Å². The molecule has 5 rings (SSSR count). The molecule has 0 bridgehead atoms. The Bertz CT molecular complexity index is 1260. The maximum atomic E-state index is 6.54. The predicted octanol–water partition coefficient (Wildman–Crippen LogP) is 6.87. The maximum Gasteiger partial charge on any atom is 0.177 e. The quantitative estimate of drug-likeness (QED) is 0.175. The number of hydrogen-bond acceptors (Lipinski definition) is 5. The highest BCUT2D eigenvalue weighted by molar-refractivity contribution is 5.16. The third-order valence-electron chi connectivity index (χ3n) is 6.68. The summed E-state index contributed by atoms with van der Waals surface area (Å²) in [6, 6.07) is 40.5. The first-order chi connectivity index (χ1) is 19.8. The lowest BCUT2D eigenvalue weighted by molar-refractivity contribution is -0.208. The summed E-state index contributed by atoms with van der Waals surface area (Å²) >= 11 is 0. The van der Waals surface area contributed by atoms with E-state index in [9.17, 15) is 0 Å². The summed E-state index contributed by atoms with van der Waals surface area (Å²) < 4.78 is 31.9. The van der Waals surface area contributed by atoms with Crippen molar-refractivity contribution in [2.24, 2.45) is 0 Å². The lowest BCUT2D eigenvalue weighted by atomic mass is 10.1.